The molecule has 0 fully saturated rings. The first-order valence-electron chi connectivity index (χ1n) is 9.62. The molecule has 0 unspecified atom stereocenters. The Morgan fingerprint density at radius 1 is 0.966 bits per heavy atom. The molecule has 4 rings (SSSR count). The van der Waals surface area contributed by atoms with Gasteiger partial charge < -0.3 is 9.88 Å². The van der Waals surface area contributed by atoms with E-state index in [1.165, 1.54) is 11.0 Å². The highest BCUT2D eigenvalue weighted by Crippen LogP contribution is 2.29. The summed E-state index contributed by atoms with van der Waals surface area (Å²) in [5.41, 5.74) is 1.51. The van der Waals surface area contributed by atoms with Gasteiger partial charge in [-0.1, -0.05) is 18.2 Å². The minimum Gasteiger partial charge on any atom is -0.350 e. The fourth-order valence-corrected chi connectivity index (χ4v) is 3.72. The number of para-hydroxylation sites is 1. The Hall–Kier alpha value is -3.41. The van der Waals surface area contributed by atoms with Crippen molar-refractivity contribution in [3.8, 4) is 0 Å². The quantitative estimate of drug-likeness (QED) is 0.695. The van der Waals surface area contributed by atoms with Crippen LogP contribution in [-0.4, -0.2) is 39.3 Å². The third-order valence-electron chi connectivity index (χ3n) is 5.14. The SMILES string of the molecule is CC(C)(C)N1C(=O)c2ccc(C(=O)NCCn3ccc4ccccc43)cc2C1=O. The summed E-state index contributed by atoms with van der Waals surface area (Å²) >= 11 is 0. The Bertz CT molecular complexity index is 1140. The number of aromatic nitrogens is 1. The number of benzene rings is 2. The Kier molecular flexibility index (Phi) is 4.49. The van der Waals surface area contributed by atoms with Crippen LogP contribution < -0.4 is 5.32 Å². The van der Waals surface area contributed by atoms with Crippen LogP contribution in [0.15, 0.2) is 54.7 Å². The highest BCUT2D eigenvalue weighted by molar-refractivity contribution is 6.22. The van der Waals surface area contributed by atoms with Crippen molar-refractivity contribution in [3.63, 3.8) is 0 Å². The first-order valence-corrected chi connectivity index (χ1v) is 9.62. The third kappa shape index (κ3) is 3.31. The minimum atomic E-state index is -0.616. The van der Waals surface area contributed by atoms with Crippen molar-refractivity contribution in [3.05, 3.63) is 71.4 Å². The highest BCUT2D eigenvalue weighted by atomic mass is 16.2. The van der Waals surface area contributed by atoms with Gasteiger partial charge in [0.05, 0.1) is 11.1 Å². The lowest BCUT2D eigenvalue weighted by Crippen LogP contribution is -2.45. The molecule has 0 bridgehead atoms. The largest absolute Gasteiger partial charge is 0.350 e. The van der Waals surface area contributed by atoms with Crippen LogP contribution in [0, 0.1) is 0 Å². The molecule has 2 aromatic carbocycles. The molecule has 0 saturated heterocycles. The number of amides is 3. The summed E-state index contributed by atoms with van der Waals surface area (Å²) in [5, 5.41) is 4.05. The van der Waals surface area contributed by atoms with Gasteiger partial charge in [0.15, 0.2) is 0 Å². The van der Waals surface area contributed by atoms with Crippen LogP contribution >= 0.6 is 0 Å². The van der Waals surface area contributed by atoms with Crippen LogP contribution in [-0.2, 0) is 6.54 Å². The highest BCUT2D eigenvalue weighted by Gasteiger charge is 2.42. The van der Waals surface area contributed by atoms with E-state index >= 15 is 0 Å². The van der Waals surface area contributed by atoms with Gasteiger partial charge in [0.1, 0.15) is 0 Å². The monoisotopic (exact) mass is 389 g/mol. The minimum absolute atomic E-state index is 0.265. The number of carbonyl (C=O) groups is 3. The van der Waals surface area contributed by atoms with Crippen LogP contribution in [0.2, 0.25) is 0 Å². The Labute approximate surface area is 169 Å². The lowest BCUT2D eigenvalue weighted by Gasteiger charge is -2.29. The Morgan fingerprint density at radius 2 is 1.69 bits per heavy atom. The second kappa shape index (κ2) is 6.88. The van der Waals surface area contributed by atoms with E-state index in [2.05, 4.69) is 9.88 Å². The molecule has 1 aliphatic heterocycles. The van der Waals surface area contributed by atoms with Gasteiger partial charge in [-0.2, -0.15) is 0 Å². The number of rotatable bonds is 4. The van der Waals surface area contributed by atoms with E-state index in [1.54, 1.807) is 12.1 Å². The summed E-state index contributed by atoms with van der Waals surface area (Å²) < 4.78 is 2.09. The van der Waals surface area contributed by atoms with E-state index in [9.17, 15) is 14.4 Å². The van der Waals surface area contributed by atoms with Crippen molar-refractivity contribution in [2.24, 2.45) is 0 Å². The van der Waals surface area contributed by atoms with Crippen molar-refractivity contribution in [1.82, 2.24) is 14.8 Å². The Morgan fingerprint density at radius 3 is 2.45 bits per heavy atom. The van der Waals surface area contributed by atoms with Crippen LogP contribution in [0.4, 0.5) is 0 Å². The second-order valence-electron chi connectivity index (χ2n) is 8.20. The smallest absolute Gasteiger partial charge is 0.262 e. The maximum atomic E-state index is 12.7. The Balaban J connectivity index is 1.46. The molecular formula is C23H23N3O3. The molecule has 1 N–H and O–H groups in total. The topological polar surface area (TPSA) is 71.4 Å². The van der Waals surface area contributed by atoms with E-state index < -0.39 is 5.54 Å². The van der Waals surface area contributed by atoms with Crippen molar-refractivity contribution in [1.29, 1.82) is 0 Å². The van der Waals surface area contributed by atoms with Gasteiger partial charge in [-0.15, -0.1) is 0 Å². The average molecular weight is 389 g/mol. The molecule has 3 amide bonds. The van der Waals surface area contributed by atoms with Crippen LogP contribution in [0.5, 0.6) is 0 Å². The van der Waals surface area contributed by atoms with Gasteiger partial charge >= 0.3 is 0 Å². The summed E-state index contributed by atoms with van der Waals surface area (Å²) in [4.78, 5) is 39.1. The molecular weight excluding hydrogens is 366 g/mol. The number of hydrogen-bond donors (Lipinski definition) is 1. The van der Waals surface area contributed by atoms with Crippen molar-refractivity contribution < 1.29 is 14.4 Å². The molecule has 0 aliphatic carbocycles. The summed E-state index contributed by atoms with van der Waals surface area (Å²) in [6.45, 7) is 6.53. The number of nitrogens with zero attached hydrogens (tertiary/aromatic N) is 2. The average Bonchev–Trinajstić information content (AvgIpc) is 3.20. The third-order valence-corrected chi connectivity index (χ3v) is 5.14. The fourth-order valence-electron chi connectivity index (χ4n) is 3.72. The molecule has 1 aliphatic rings. The van der Waals surface area contributed by atoms with Gasteiger partial charge in [0.2, 0.25) is 0 Å². The van der Waals surface area contributed by atoms with Gasteiger partial charge in [0.25, 0.3) is 17.7 Å². The summed E-state index contributed by atoms with van der Waals surface area (Å²) in [6, 6.07) is 14.8. The first-order chi connectivity index (χ1) is 13.8. The van der Waals surface area contributed by atoms with Crippen molar-refractivity contribution in [2.45, 2.75) is 32.9 Å². The van der Waals surface area contributed by atoms with Crippen LogP contribution in [0.1, 0.15) is 51.8 Å². The summed E-state index contributed by atoms with van der Waals surface area (Å²) in [7, 11) is 0. The molecule has 0 saturated carbocycles. The second-order valence-corrected chi connectivity index (χ2v) is 8.20. The molecule has 2 heterocycles. The number of carbonyl (C=O) groups excluding carboxylic acids is 3. The molecule has 3 aromatic rings. The van der Waals surface area contributed by atoms with Crippen LogP contribution in [0.25, 0.3) is 10.9 Å². The van der Waals surface area contributed by atoms with E-state index in [0.717, 1.165) is 10.9 Å². The first kappa shape index (κ1) is 18.9. The van der Waals surface area contributed by atoms with Gasteiger partial charge in [-0.05, 0) is 56.5 Å². The molecule has 0 radical (unpaired) electrons. The summed E-state index contributed by atoms with van der Waals surface area (Å²) in [6.07, 6.45) is 2.00. The molecule has 1 aromatic heterocycles. The van der Waals surface area contributed by atoms with E-state index in [1.807, 2.05) is 57.3 Å². The van der Waals surface area contributed by atoms with E-state index in [-0.39, 0.29) is 23.3 Å². The molecule has 0 spiro atoms. The fraction of sp³-hybridized carbons (Fsp3) is 0.261. The normalized spacial score (nSPS) is 13.8. The molecule has 148 valence electrons. The zero-order valence-electron chi connectivity index (χ0n) is 16.7. The molecule has 29 heavy (non-hydrogen) atoms. The molecule has 6 nitrogen and oxygen atoms in total. The van der Waals surface area contributed by atoms with Gasteiger partial charge in [0, 0.05) is 35.9 Å². The summed E-state index contributed by atoms with van der Waals surface area (Å²) in [5.74, 6) is -0.936. The van der Waals surface area contributed by atoms with E-state index in [4.69, 9.17) is 0 Å². The van der Waals surface area contributed by atoms with Crippen LogP contribution in [0.3, 0.4) is 0 Å². The number of fused-ring (bicyclic) bond motifs is 2. The molecule has 0 atom stereocenters. The maximum absolute atomic E-state index is 12.7. The van der Waals surface area contributed by atoms with Crippen molar-refractivity contribution >= 4 is 28.6 Å². The van der Waals surface area contributed by atoms with E-state index in [0.29, 0.717) is 24.2 Å². The van der Waals surface area contributed by atoms with Gasteiger partial charge in [-0.3, -0.25) is 19.3 Å². The molecule has 6 heteroatoms. The number of nitrogens with one attached hydrogen (secondary N) is 1. The standard InChI is InChI=1S/C23H23N3O3/c1-23(2,3)26-21(28)17-9-8-16(14-18(17)22(26)29)20(27)24-11-13-25-12-10-15-6-4-5-7-19(15)25/h4-10,12,14H,11,13H2,1-3H3,(H,24,27). The lowest BCUT2D eigenvalue weighted by atomic mass is 10.1. The van der Waals surface area contributed by atoms with Crippen molar-refractivity contribution in [2.75, 3.05) is 6.54 Å². The number of imide groups is 1. The lowest BCUT2D eigenvalue weighted by molar-refractivity contribution is 0.0507. The number of hydrogen-bond acceptors (Lipinski definition) is 3. The predicted molar refractivity (Wildman–Crippen MR) is 111 cm³/mol. The van der Waals surface area contributed by atoms with Gasteiger partial charge in [-0.25, -0.2) is 0 Å². The maximum Gasteiger partial charge on any atom is 0.262 e. The zero-order chi connectivity index (χ0) is 20.8. The zero-order valence-corrected chi connectivity index (χ0v) is 16.7. The predicted octanol–water partition coefficient (Wildman–Crippen LogP) is 3.47.